The number of fused-ring (bicyclic) bond motifs is 1. The first kappa shape index (κ1) is 12.6. The number of allylic oxidation sites excluding steroid dienone is 1. The summed E-state index contributed by atoms with van der Waals surface area (Å²) < 4.78 is 19.3. The van der Waals surface area contributed by atoms with Crippen LogP contribution >= 0.6 is 0 Å². The first-order valence-electron chi connectivity index (χ1n) is 6.20. The predicted molar refractivity (Wildman–Crippen MR) is 73.6 cm³/mol. The molecule has 1 nitrogen and oxygen atoms in total. The Bertz CT molecular complexity index is 560. The van der Waals surface area contributed by atoms with Gasteiger partial charge >= 0.3 is 0 Å². The molecule has 0 bridgehead atoms. The highest BCUT2D eigenvalue weighted by Gasteiger charge is 2.05. The van der Waals surface area contributed by atoms with Crippen molar-refractivity contribution in [2.24, 2.45) is 0 Å². The Morgan fingerprint density at radius 3 is 2.78 bits per heavy atom. The molecule has 18 heavy (non-hydrogen) atoms. The molecule has 0 N–H and O–H groups in total. The van der Waals surface area contributed by atoms with Crippen molar-refractivity contribution < 1.29 is 9.13 Å². The van der Waals surface area contributed by atoms with Crippen LogP contribution in [0.5, 0.6) is 5.75 Å². The minimum atomic E-state index is -0.155. The Balaban J connectivity index is 2.39. The fourth-order valence-electron chi connectivity index (χ4n) is 2.00. The van der Waals surface area contributed by atoms with E-state index >= 15 is 0 Å². The molecule has 0 amide bonds. The van der Waals surface area contributed by atoms with E-state index in [1.54, 1.807) is 6.07 Å². The zero-order valence-electron chi connectivity index (χ0n) is 10.6. The molecule has 0 aliphatic carbocycles. The Hall–Kier alpha value is -1.83. The summed E-state index contributed by atoms with van der Waals surface area (Å²) in [6.45, 7) is 6.21. The van der Waals surface area contributed by atoms with Crippen LogP contribution in [-0.4, -0.2) is 6.61 Å². The highest BCUT2D eigenvalue weighted by molar-refractivity contribution is 5.84. The van der Waals surface area contributed by atoms with Gasteiger partial charge in [-0.1, -0.05) is 12.1 Å². The van der Waals surface area contributed by atoms with E-state index in [-0.39, 0.29) is 5.82 Å². The van der Waals surface area contributed by atoms with Gasteiger partial charge in [0.25, 0.3) is 0 Å². The maximum atomic E-state index is 13.9. The van der Waals surface area contributed by atoms with Gasteiger partial charge in [-0.15, -0.1) is 6.58 Å². The van der Waals surface area contributed by atoms with Crippen LogP contribution in [0.2, 0.25) is 0 Å². The molecule has 0 saturated heterocycles. The first-order chi connectivity index (χ1) is 8.74. The van der Waals surface area contributed by atoms with Gasteiger partial charge in [0.1, 0.15) is 11.6 Å². The van der Waals surface area contributed by atoms with Gasteiger partial charge < -0.3 is 4.74 Å². The molecule has 0 aliphatic rings. The zero-order chi connectivity index (χ0) is 13.0. The number of rotatable bonds is 5. The fraction of sp³-hybridized carbons (Fsp3) is 0.250. The van der Waals surface area contributed by atoms with E-state index in [4.69, 9.17) is 4.74 Å². The molecule has 0 unspecified atom stereocenters. The molecule has 2 aromatic rings. The fourth-order valence-corrected chi connectivity index (χ4v) is 2.00. The Labute approximate surface area is 107 Å². The van der Waals surface area contributed by atoms with Crippen molar-refractivity contribution in [3.63, 3.8) is 0 Å². The topological polar surface area (TPSA) is 9.23 Å². The van der Waals surface area contributed by atoms with Crippen molar-refractivity contribution in [2.45, 2.75) is 19.8 Å². The van der Waals surface area contributed by atoms with Gasteiger partial charge in [0, 0.05) is 0 Å². The Morgan fingerprint density at radius 1 is 1.22 bits per heavy atom. The molecular formula is C16H17FO. The highest BCUT2D eigenvalue weighted by Crippen LogP contribution is 2.24. The molecule has 0 spiro atoms. The lowest BCUT2D eigenvalue weighted by atomic mass is 10.0. The van der Waals surface area contributed by atoms with Crippen LogP contribution in [-0.2, 0) is 6.42 Å². The van der Waals surface area contributed by atoms with Crippen molar-refractivity contribution >= 4 is 10.8 Å². The van der Waals surface area contributed by atoms with Crippen LogP contribution in [0.15, 0.2) is 43.0 Å². The number of aryl methyl sites for hydroxylation is 1. The van der Waals surface area contributed by atoms with Crippen LogP contribution in [0, 0.1) is 5.82 Å². The number of hydrogen-bond acceptors (Lipinski definition) is 1. The summed E-state index contributed by atoms with van der Waals surface area (Å²) >= 11 is 0. The summed E-state index contributed by atoms with van der Waals surface area (Å²) in [5.41, 5.74) is 0.742. The van der Waals surface area contributed by atoms with Gasteiger partial charge in [0.05, 0.1) is 6.61 Å². The average molecular weight is 244 g/mol. The third-order valence-corrected chi connectivity index (χ3v) is 2.91. The maximum Gasteiger partial charge on any atom is 0.127 e. The van der Waals surface area contributed by atoms with Crippen molar-refractivity contribution in [2.75, 3.05) is 6.61 Å². The molecule has 0 radical (unpaired) electrons. The summed E-state index contributed by atoms with van der Waals surface area (Å²) in [6, 6.07) is 9.25. The van der Waals surface area contributed by atoms with Crippen molar-refractivity contribution in [1.29, 1.82) is 0 Å². The SMILES string of the molecule is C=CCCc1cc2ccc(OCC)cc2cc1F. The van der Waals surface area contributed by atoms with Crippen LogP contribution in [0.1, 0.15) is 18.9 Å². The van der Waals surface area contributed by atoms with E-state index in [0.717, 1.165) is 28.5 Å². The lowest BCUT2D eigenvalue weighted by Crippen LogP contribution is -1.93. The van der Waals surface area contributed by atoms with E-state index in [2.05, 4.69) is 6.58 Å². The first-order valence-corrected chi connectivity index (χ1v) is 6.20. The average Bonchev–Trinajstić information content (AvgIpc) is 2.37. The van der Waals surface area contributed by atoms with Crippen LogP contribution in [0.4, 0.5) is 4.39 Å². The summed E-state index contributed by atoms with van der Waals surface area (Å²) in [4.78, 5) is 0. The Morgan fingerprint density at radius 2 is 2.06 bits per heavy atom. The van der Waals surface area contributed by atoms with E-state index < -0.39 is 0 Å². The van der Waals surface area contributed by atoms with Gasteiger partial charge in [-0.25, -0.2) is 4.39 Å². The van der Waals surface area contributed by atoms with Crippen molar-refractivity contribution in [3.8, 4) is 5.75 Å². The molecular weight excluding hydrogens is 227 g/mol. The second-order valence-corrected chi connectivity index (χ2v) is 4.21. The predicted octanol–water partition coefficient (Wildman–Crippen LogP) is 4.50. The van der Waals surface area contributed by atoms with E-state index in [1.807, 2.05) is 37.3 Å². The van der Waals surface area contributed by atoms with E-state index in [0.29, 0.717) is 13.0 Å². The zero-order valence-corrected chi connectivity index (χ0v) is 10.6. The van der Waals surface area contributed by atoms with E-state index in [1.165, 1.54) is 0 Å². The van der Waals surface area contributed by atoms with Crippen LogP contribution < -0.4 is 4.74 Å². The highest BCUT2D eigenvalue weighted by atomic mass is 19.1. The molecule has 2 heteroatoms. The quantitative estimate of drug-likeness (QED) is 0.704. The van der Waals surface area contributed by atoms with Crippen molar-refractivity contribution in [1.82, 2.24) is 0 Å². The third kappa shape index (κ3) is 2.70. The minimum absolute atomic E-state index is 0.155. The summed E-state index contributed by atoms with van der Waals surface area (Å²) in [5.74, 6) is 0.626. The number of halogens is 1. The standard InChI is InChI=1S/C16H17FO/c1-3-5-6-13-9-12-7-8-15(18-4-2)10-14(12)11-16(13)17/h3,7-11H,1,4-6H2,2H3. The molecule has 0 atom stereocenters. The molecule has 0 aromatic heterocycles. The lowest BCUT2D eigenvalue weighted by molar-refractivity contribution is 0.340. The largest absolute Gasteiger partial charge is 0.494 e. The van der Waals surface area contributed by atoms with Crippen molar-refractivity contribution in [3.05, 3.63) is 54.4 Å². The normalized spacial score (nSPS) is 10.6. The van der Waals surface area contributed by atoms with Gasteiger partial charge in [0.2, 0.25) is 0 Å². The molecule has 0 saturated carbocycles. The monoisotopic (exact) mass is 244 g/mol. The molecule has 94 valence electrons. The maximum absolute atomic E-state index is 13.9. The summed E-state index contributed by atoms with van der Waals surface area (Å²) in [7, 11) is 0. The second-order valence-electron chi connectivity index (χ2n) is 4.21. The summed E-state index contributed by atoms with van der Waals surface area (Å²) in [6.07, 6.45) is 3.29. The summed E-state index contributed by atoms with van der Waals surface area (Å²) in [5, 5.41) is 1.92. The van der Waals surface area contributed by atoms with Gasteiger partial charge in [-0.05, 0) is 60.4 Å². The molecule has 0 aliphatic heterocycles. The minimum Gasteiger partial charge on any atom is -0.494 e. The van der Waals surface area contributed by atoms with E-state index in [9.17, 15) is 4.39 Å². The number of benzene rings is 2. The van der Waals surface area contributed by atoms with Crippen LogP contribution in [0.3, 0.4) is 0 Å². The third-order valence-electron chi connectivity index (χ3n) is 2.91. The second kappa shape index (κ2) is 5.67. The van der Waals surface area contributed by atoms with Gasteiger partial charge in [0.15, 0.2) is 0 Å². The smallest absolute Gasteiger partial charge is 0.127 e. The van der Waals surface area contributed by atoms with Crippen LogP contribution in [0.25, 0.3) is 10.8 Å². The number of hydrogen-bond donors (Lipinski definition) is 0. The van der Waals surface area contributed by atoms with Gasteiger partial charge in [-0.2, -0.15) is 0 Å². The molecule has 0 heterocycles. The molecule has 2 aromatic carbocycles. The molecule has 0 fully saturated rings. The lowest BCUT2D eigenvalue weighted by Gasteiger charge is -2.07. The van der Waals surface area contributed by atoms with Gasteiger partial charge in [-0.3, -0.25) is 0 Å². The number of ether oxygens (including phenoxy) is 1. The molecule has 2 rings (SSSR count). The Kier molecular flexibility index (Phi) is 3.98.